The lowest BCUT2D eigenvalue weighted by Gasteiger charge is -2.09. The summed E-state index contributed by atoms with van der Waals surface area (Å²) in [5, 5.41) is 9.82. The Labute approximate surface area is 109 Å². The second kappa shape index (κ2) is 4.40. The van der Waals surface area contributed by atoms with Crippen LogP contribution in [0.4, 0.5) is 5.82 Å². The number of nitrogens with two attached hydrogens (primary N) is 1. The number of para-hydroxylation sites is 1. The Morgan fingerprint density at radius 1 is 1.32 bits per heavy atom. The van der Waals surface area contributed by atoms with E-state index in [1.165, 1.54) is 0 Å². The van der Waals surface area contributed by atoms with Crippen LogP contribution in [0.15, 0.2) is 24.3 Å². The average Bonchev–Trinajstić information content (AvgIpc) is 2.74. The van der Waals surface area contributed by atoms with Gasteiger partial charge >= 0.3 is 0 Å². The van der Waals surface area contributed by atoms with Gasteiger partial charge in [-0.1, -0.05) is 18.2 Å². The van der Waals surface area contributed by atoms with Crippen molar-refractivity contribution in [2.45, 2.75) is 6.92 Å². The third kappa shape index (κ3) is 1.77. The van der Waals surface area contributed by atoms with Gasteiger partial charge in [-0.2, -0.15) is 4.73 Å². The highest BCUT2D eigenvalue weighted by Crippen LogP contribution is 2.27. The van der Waals surface area contributed by atoms with Crippen molar-refractivity contribution in [1.29, 1.82) is 0 Å². The maximum Gasteiger partial charge on any atom is 0.152 e. The number of benzene rings is 1. The molecule has 98 valence electrons. The Balaban J connectivity index is 2.39. The van der Waals surface area contributed by atoms with Crippen LogP contribution >= 0.6 is 0 Å². The first kappa shape index (κ1) is 11.7. The first-order valence-electron chi connectivity index (χ1n) is 6.00. The van der Waals surface area contributed by atoms with Crippen LogP contribution in [0.25, 0.3) is 21.9 Å². The fourth-order valence-corrected chi connectivity index (χ4v) is 2.18. The minimum atomic E-state index is -0.0579. The summed E-state index contributed by atoms with van der Waals surface area (Å²) in [6.07, 6.45) is 0. The average molecular weight is 258 g/mol. The van der Waals surface area contributed by atoms with E-state index in [9.17, 15) is 0 Å². The van der Waals surface area contributed by atoms with Gasteiger partial charge in [-0.15, -0.1) is 0 Å². The third-order valence-electron chi connectivity index (χ3n) is 2.95. The van der Waals surface area contributed by atoms with Crippen molar-refractivity contribution in [1.82, 2.24) is 14.7 Å². The summed E-state index contributed by atoms with van der Waals surface area (Å²) in [6, 6.07) is 7.68. The van der Waals surface area contributed by atoms with E-state index < -0.39 is 0 Å². The van der Waals surface area contributed by atoms with Crippen molar-refractivity contribution in [2.24, 2.45) is 0 Å². The third-order valence-corrected chi connectivity index (χ3v) is 2.95. The molecule has 0 aliphatic carbocycles. The summed E-state index contributed by atoms with van der Waals surface area (Å²) < 4.78 is 1.60. The highest BCUT2D eigenvalue weighted by molar-refractivity contribution is 6.06. The number of hydrogen-bond donors (Lipinski definition) is 2. The molecule has 3 rings (SSSR count). The number of aliphatic hydroxyl groups is 1. The summed E-state index contributed by atoms with van der Waals surface area (Å²) in [4.78, 5) is 14.2. The summed E-state index contributed by atoms with van der Waals surface area (Å²) in [5.41, 5.74) is 8.14. The van der Waals surface area contributed by atoms with E-state index in [0.29, 0.717) is 17.2 Å². The number of imidazole rings is 1. The summed E-state index contributed by atoms with van der Waals surface area (Å²) in [5.74, 6) is 1.05. The SMILES string of the molecule is Cc1nc2c(N)nc3ccccc3c2n1OCCO. The molecular formula is C13H14N4O2. The van der Waals surface area contributed by atoms with Crippen molar-refractivity contribution in [2.75, 3.05) is 18.9 Å². The highest BCUT2D eigenvalue weighted by Gasteiger charge is 2.15. The molecule has 2 heterocycles. The first-order chi connectivity index (χ1) is 9.22. The molecule has 3 aromatic rings. The number of aromatic nitrogens is 3. The molecule has 6 heteroatoms. The predicted octanol–water partition coefficient (Wildman–Crippen LogP) is 0.896. The molecular weight excluding hydrogens is 244 g/mol. The second-order valence-electron chi connectivity index (χ2n) is 4.22. The van der Waals surface area contributed by atoms with Gasteiger partial charge in [0.1, 0.15) is 23.5 Å². The minimum absolute atomic E-state index is 0.0579. The molecule has 0 fully saturated rings. The van der Waals surface area contributed by atoms with Crippen molar-refractivity contribution in [3.8, 4) is 0 Å². The number of fused-ring (bicyclic) bond motifs is 3. The van der Waals surface area contributed by atoms with Gasteiger partial charge in [0, 0.05) is 5.39 Å². The van der Waals surface area contributed by atoms with Gasteiger partial charge in [-0.05, 0) is 13.0 Å². The van der Waals surface area contributed by atoms with Crippen molar-refractivity contribution in [3.63, 3.8) is 0 Å². The molecule has 0 unspecified atom stereocenters. The molecule has 0 bridgehead atoms. The number of nitrogen functional groups attached to an aromatic ring is 1. The molecule has 2 aromatic heterocycles. The van der Waals surface area contributed by atoms with Crippen LogP contribution in [0.1, 0.15) is 5.82 Å². The van der Waals surface area contributed by atoms with E-state index in [-0.39, 0.29) is 13.2 Å². The van der Waals surface area contributed by atoms with Crippen molar-refractivity contribution in [3.05, 3.63) is 30.1 Å². The maximum atomic E-state index is 8.90. The first-order valence-corrected chi connectivity index (χ1v) is 6.00. The number of pyridine rings is 1. The van der Waals surface area contributed by atoms with E-state index in [0.717, 1.165) is 16.4 Å². The Morgan fingerprint density at radius 2 is 2.11 bits per heavy atom. The fourth-order valence-electron chi connectivity index (χ4n) is 2.18. The van der Waals surface area contributed by atoms with Crippen LogP contribution in [0.2, 0.25) is 0 Å². The zero-order chi connectivity index (χ0) is 13.4. The second-order valence-corrected chi connectivity index (χ2v) is 4.22. The van der Waals surface area contributed by atoms with Gasteiger partial charge in [0.05, 0.1) is 12.1 Å². The Kier molecular flexibility index (Phi) is 2.72. The zero-order valence-corrected chi connectivity index (χ0v) is 10.5. The number of rotatable bonds is 3. The molecule has 0 saturated heterocycles. The largest absolute Gasteiger partial charge is 0.410 e. The molecule has 19 heavy (non-hydrogen) atoms. The smallest absolute Gasteiger partial charge is 0.152 e. The van der Waals surface area contributed by atoms with Gasteiger partial charge in [-0.25, -0.2) is 9.97 Å². The summed E-state index contributed by atoms with van der Waals surface area (Å²) >= 11 is 0. The fraction of sp³-hybridized carbons (Fsp3) is 0.231. The minimum Gasteiger partial charge on any atom is -0.410 e. The Hall–Kier alpha value is -2.34. The van der Waals surface area contributed by atoms with Gasteiger partial charge < -0.3 is 15.7 Å². The van der Waals surface area contributed by atoms with E-state index in [1.54, 1.807) is 4.73 Å². The topological polar surface area (TPSA) is 86.2 Å². The number of nitrogens with zero attached hydrogens (tertiary/aromatic N) is 3. The van der Waals surface area contributed by atoms with E-state index in [2.05, 4.69) is 9.97 Å². The molecule has 0 atom stereocenters. The van der Waals surface area contributed by atoms with Crippen molar-refractivity contribution < 1.29 is 9.94 Å². The van der Waals surface area contributed by atoms with Crippen LogP contribution in [0.5, 0.6) is 0 Å². The monoisotopic (exact) mass is 258 g/mol. The molecule has 1 aromatic carbocycles. The summed E-state index contributed by atoms with van der Waals surface area (Å²) in [7, 11) is 0. The summed E-state index contributed by atoms with van der Waals surface area (Å²) in [6.45, 7) is 1.96. The molecule has 0 aliphatic heterocycles. The van der Waals surface area contributed by atoms with Crippen molar-refractivity contribution >= 4 is 27.8 Å². The highest BCUT2D eigenvalue weighted by atomic mass is 16.7. The number of anilines is 1. The van der Waals surface area contributed by atoms with E-state index in [1.807, 2.05) is 31.2 Å². The number of aliphatic hydroxyl groups excluding tert-OH is 1. The molecule has 0 aliphatic rings. The van der Waals surface area contributed by atoms with Crippen LogP contribution < -0.4 is 10.6 Å². The lowest BCUT2D eigenvalue weighted by atomic mass is 10.2. The normalized spacial score (nSPS) is 11.3. The van der Waals surface area contributed by atoms with Crippen LogP contribution in [0, 0.1) is 6.92 Å². The van der Waals surface area contributed by atoms with E-state index in [4.69, 9.17) is 15.7 Å². The lowest BCUT2D eigenvalue weighted by molar-refractivity contribution is 0.0790. The molecule has 0 spiro atoms. The van der Waals surface area contributed by atoms with Crippen LogP contribution in [-0.4, -0.2) is 33.0 Å². The van der Waals surface area contributed by atoms with Crippen LogP contribution in [0.3, 0.4) is 0 Å². The molecule has 0 saturated carbocycles. The van der Waals surface area contributed by atoms with Gasteiger partial charge in [0.2, 0.25) is 0 Å². The Morgan fingerprint density at radius 3 is 2.89 bits per heavy atom. The van der Waals surface area contributed by atoms with Gasteiger partial charge in [-0.3, -0.25) is 0 Å². The lowest BCUT2D eigenvalue weighted by Crippen LogP contribution is -2.16. The molecule has 0 amide bonds. The molecule has 6 nitrogen and oxygen atoms in total. The van der Waals surface area contributed by atoms with E-state index >= 15 is 0 Å². The standard InChI is InChI=1S/C13H14N4O2/c1-8-15-11-12(17(8)19-7-6-18)9-4-2-3-5-10(9)16-13(11)14/h2-5,18H,6-7H2,1H3,(H2,14,16). The predicted molar refractivity (Wildman–Crippen MR) is 72.7 cm³/mol. The zero-order valence-electron chi connectivity index (χ0n) is 10.5. The molecule has 3 N–H and O–H groups in total. The molecule has 0 radical (unpaired) electrons. The number of hydrogen-bond acceptors (Lipinski definition) is 5. The quantitative estimate of drug-likeness (QED) is 0.728. The van der Waals surface area contributed by atoms with Gasteiger partial charge in [0.25, 0.3) is 0 Å². The number of aryl methyl sites for hydroxylation is 1. The van der Waals surface area contributed by atoms with Gasteiger partial charge in [0.15, 0.2) is 5.82 Å². The maximum absolute atomic E-state index is 8.90. The van der Waals surface area contributed by atoms with Crippen LogP contribution in [-0.2, 0) is 0 Å². The Bertz CT molecular complexity index is 751.